The van der Waals surface area contributed by atoms with Crippen molar-refractivity contribution in [2.45, 2.75) is 20.3 Å². The molecule has 0 bridgehead atoms. The van der Waals surface area contributed by atoms with Crippen LogP contribution in [0.15, 0.2) is 24.4 Å². The van der Waals surface area contributed by atoms with Crippen LogP contribution in [0, 0.1) is 5.92 Å². The molecule has 0 aliphatic rings. The lowest BCUT2D eigenvalue weighted by Crippen LogP contribution is -2.28. The zero-order chi connectivity index (χ0) is 14.0. The van der Waals surface area contributed by atoms with Crippen LogP contribution in [0.3, 0.4) is 0 Å². The predicted octanol–water partition coefficient (Wildman–Crippen LogP) is 3.11. The smallest absolute Gasteiger partial charge is 0.274 e. The number of hydrogen-bond donors (Lipinski definition) is 0. The highest BCUT2D eigenvalue weighted by atomic mass is 35.5. The molecule has 0 fully saturated rings. The van der Waals surface area contributed by atoms with Gasteiger partial charge in [0.15, 0.2) is 5.69 Å². The Kier molecular flexibility index (Phi) is 4.10. The summed E-state index contributed by atoms with van der Waals surface area (Å²) >= 11 is 5.92. The molecule has 0 N–H and O–H groups in total. The number of carbonyl (C=O) groups is 1. The Morgan fingerprint density at radius 3 is 2.89 bits per heavy atom. The van der Waals surface area contributed by atoms with Gasteiger partial charge in [-0.25, -0.2) is 4.52 Å². The van der Waals surface area contributed by atoms with E-state index in [1.165, 1.54) is 0 Å². The second kappa shape index (κ2) is 5.61. The molecule has 0 atom stereocenters. The van der Waals surface area contributed by atoms with Crippen molar-refractivity contribution in [1.82, 2.24) is 14.5 Å². The van der Waals surface area contributed by atoms with Crippen molar-refractivity contribution >= 4 is 23.0 Å². The van der Waals surface area contributed by atoms with Gasteiger partial charge in [-0.15, -0.1) is 0 Å². The van der Waals surface area contributed by atoms with E-state index in [9.17, 15) is 4.79 Å². The molecule has 102 valence electrons. The zero-order valence-corrected chi connectivity index (χ0v) is 12.2. The van der Waals surface area contributed by atoms with Crippen molar-refractivity contribution in [3.05, 3.63) is 35.1 Å². The fraction of sp³-hybridized carbons (Fsp3) is 0.429. The Balaban J connectivity index is 2.16. The normalized spacial score (nSPS) is 11.2. The van der Waals surface area contributed by atoms with Crippen LogP contribution in [0.5, 0.6) is 0 Å². The number of aromatic nitrogens is 2. The summed E-state index contributed by atoms with van der Waals surface area (Å²) in [5.41, 5.74) is 1.28. The van der Waals surface area contributed by atoms with Crippen molar-refractivity contribution in [3.8, 4) is 0 Å². The Hall–Kier alpha value is -1.55. The number of pyridine rings is 1. The monoisotopic (exact) mass is 279 g/mol. The summed E-state index contributed by atoms with van der Waals surface area (Å²) in [5.74, 6) is 0.524. The lowest BCUT2D eigenvalue weighted by molar-refractivity contribution is 0.0783. The van der Waals surface area contributed by atoms with Gasteiger partial charge in [0, 0.05) is 24.8 Å². The number of carbonyl (C=O) groups excluding carboxylic acids is 1. The van der Waals surface area contributed by atoms with Crippen LogP contribution in [0.4, 0.5) is 0 Å². The van der Waals surface area contributed by atoms with Gasteiger partial charge in [0.25, 0.3) is 5.91 Å². The molecule has 2 heterocycles. The predicted molar refractivity (Wildman–Crippen MR) is 76.6 cm³/mol. The second-order valence-corrected chi connectivity index (χ2v) is 5.59. The Morgan fingerprint density at radius 1 is 1.47 bits per heavy atom. The minimum Gasteiger partial charge on any atom is -0.340 e. The lowest BCUT2D eigenvalue weighted by Gasteiger charge is -2.16. The van der Waals surface area contributed by atoms with Crippen LogP contribution in [-0.2, 0) is 0 Å². The van der Waals surface area contributed by atoms with E-state index in [4.69, 9.17) is 11.6 Å². The molecule has 0 saturated carbocycles. The van der Waals surface area contributed by atoms with Gasteiger partial charge in [-0.1, -0.05) is 25.4 Å². The van der Waals surface area contributed by atoms with Crippen molar-refractivity contribution in [2.24, 2.45) is 5.92 Å². The standard InChI is InChI=1S/C14H18ClN3O/c1-10(2)4-6-17(3)14(19)13-9-12-8-11(15)5-7-18(12)16-13/h5,7-10H,4,6H2,1-3H3. The summed E-state index contributed by atoms with van der Waals surface area (Å²) in [4.78, 5) is 13.9. The molecular weight excluding hydrogens is 262 g/mol. The molecule has 1 amide bonds. The molecule has 19 heavy (non-hydrogen) atoms. The van der Waals surface area contributed by atoms with E-state index in [0.717, 1.165) is 18.5 Å². The van der Waals surface area contributed by atoms with E-state index >= 15 is 0 Å². The molecule has 0 saturated heterocycles. The van der Waals surface area contributed by atoms with E-state index in [-0.39, 0.29) is 5.91 Å². The number of nitrogens with zero attached hydrogens (tertiary/aromatic N) is 3. The van der Waals surface area contributed by atoms with Gasteiger partial charge < -0.3 is 4.90 Å². The highest BCUT2D eigenvalue weighted by molar-refractivity contribution is 6.30. The maximum absolute atomic E-state index is 12.2. The summed E-state index contributed by atoms with van der Waals surface area (Å²) in [6.45, 7) is 5.03. The van der Waals surface area contributed by atoms with E-state index < -0.39 is 0 Å². The van der Waals surface area contributed by atoms with Crippen LogP contribution in [0.1, 0.15) is 30.8 Å². The fourth-order valence-electron chi connectivity index (χ4n) is 1.82. The van der Waals surface area contributed by atoms with Crippen molar-refractivity contribution in [2.75, 3.05) is 13.6 Å². The number of fused-ring (bicyclic) bond motifs is 1. The fourth-order valence-corrected chi connectivity index (χ4v) is 1.99. The Labute approximate surface area is 118 Å². The average molecular weight is 280 g/mol. The first-order chi connectivity index (χ1) is 8.97. The van der Waals surface area contributed by atoms with Gasteiger partial charge in [0.05, 0.1) is 5.52 Å². The minimum absolute atomic E-state index is 0.0551. The largest absolute Gasteiger partial charge is 0.340 e. The highest BCUT2D eigenvalue weighted by Gasteiger charge is 2.15. The van der Waals surface area contributed by atoms with Crippen LogP contribution >= 0.6 is 11.6 Å². The van der Waals surface area contributed by atoms with Gasteiger partial charge in [-0.2, -0.15) is 5.10 Å². The maximum Gasteiger partial charge on any atom is 0.274 e. The summed E-state index contributed by atoms with van der Waals surface area (Å²) in [6, 6.07) is 5.30. The Bertz CT molecular complexity index is 591. The molecular formula is C14H18ClN3O. The van der Waals surface area contributed by atoms with Gasteiger partial charge >= 0.3 is 0 Å². The summed E-state index contributed by atoms with van der Waals surface area (Å²) < 4.78 is 1.66. The van der Waals surface area contributed by atoms with Gasteiger partial charge in [0.1, 0.15) is 0 Å². The average Bonchev–Trinajstić information content (AvgIpc) is 2.77. The van der Waals surface area contributed by atoms with Gasteiger partial charge in [-0.05, 0) is 30.5 Å². The highest BCUT2D eigenvalue weighted by Crippen LogP contribution is 2.14. The molecule has 0 aromatic carbocycles. The number of amides is 1. The zero-order valence-electron chi connectivity index (χ0n) is 11.4. The van der Waals surface area contributed by atoms with Crippen LogP contribution < -0.4 is 0 Å². The van der Waals surface area contributed by atoms with Crippen molar-refractivity contribution in [1.29, 1.82) is 0 Å². The first-order valence-electron chi connectivity index (χ1n) is 6.38. The summed E-state index contributed by atoms with van der Waals surface area (Å²) in [5, 5.41) is 4.91. The maximum atomic E-state index is 12.2. The number of rotatable bonds is 4. The van der Waals surface area contributed by atoms with E-state index in [0.29, 0.717) is 16.6 Å². The van der Waals surface area contributed by atoms with E-state index in [1.54, 1.807) is 33.8 Å². The summed E-state index contributed by atoms with van der Waals surface area (Å²) in [6.07, 6.45) is 2.74. The molecule has 2 aromatic heterocycles. The molecule has 0 aliphatic heterocycles. The molecule has 0 unspecified atom stereocenters. The SMILES string of the molecule is CC(C)CCN(C)C(=O)c1cc2cc(Cl)ccn2n1. The molecule has 2 rings (SSSR count). The lowest BCUT2D eigenvalue weighted by atomic mass is 10.1. The third-order valence-corrected chi connectivity index (χ3v) is 3.27. The molecule has 4 nitrogen and oxygen atoms in total. The van der Waals surface area contributed by atoms with E-state index in [2.05, 4.69) is 18.9 Å². The van der Waals surface area contributed by atoms with Gasteiger partial charge in [0.2, 0.25) is 0 Å². The van der Waals surface area contributed by atoms with Crippen LogP contribution in [-0.4, -0.2) is 34.0 Å². The van der Waals surface area contributed by atoms with Gasteiger partial charge in [-0.3, -0.25) is 4.79 Å². The van der Waals surface area contributed by atoms with Crippen LogP contribution in [0.2, 0.25) is 5.02 Å². The molecule has 2 aromatic rings. The minimum atomic E-state index is -0.0551. The first-order valence-corrected chi connectivity index (χ1v) is 6.75. The second-order valence-electron chi connectivity index (χ2n) is 5.15. The third-order valence-electron chi connectivity index (χ3n) is 3.03. The van der Waals surface area contributed by atoms with Crippen molar-refractivity contribution < 1.29 is 4.79 Å². The Morgan fingerprint density at radius 2 is 2.21 bits per heavy atom. The quantitative estimate of drug-likeness (QED) is 0.862. The van der Waals surface area contributed by atoms with E-state index in [1.807, 2.05) is 7.05 Å². The topological polar surface area (TPSA) is 37.6 Å². The number of halogens is 1. The first kappa shape index (κ1) is 13.9. The third kappa shape index (κ3) is 3.26. The molecule has 0 radical (unpaired) electrons. The molecule has 0 aliphatic carbocycles. The molecule has 0 spiro atoms. The van der Waals surface area contributed by atoms with Crippen LogP contribution in [0.25, 0.3) is 5.52 Å². The molecule has 5 heteroatoms. The van der Waals surface area contributed by atoms with Crippen molar-refractivity contribution in [3.63, 3.8) is 0 Å². The number of hydrogen-bond acceptors (Lipinski definition) is 2. The summed E-state index contributed by atoms with van der Waals surface area (Å²) in [7, 11) is 1.81.